The van der Waals surface area contributed by atoms with Gasteiger partial charge in [-0.1, -0.05) is 18.2 Å². The summed E-state index contributed by atoms with van der Waals surface area (Å²) in [6.07, 6.45) is 1.19. The van der Waals surface area contributed by atoms with Gasteiger partial charge in [0.05, 0.1) is 0 Å². The first kappa shape index (κ1) is 8.73. The van der Waals surface area contributed by atoms with E-state index in [-0.39, 0.29) is 0 Å². The van der Waals surface area contributed by atoms with E-state index in [2.05, 4.69) is 14.7 Å². The molecule has 0 saturated heterocycles. The minimum Gasteiger partial charge on any atom is -0.322 e. The monoisotopic (exact) mass is 180 g/mol. The Balaban J connectivity index is 2.43. The summed E-state index contributed by atoms with van der Waals surface area (Å²) in [5.74, 6) is 4.81. The normalized spacial score (nSPS) is 11.3. The van der Waals surface area contributed by atoms with Crippen LogP contribution in [0.15, 0.2) is 50.0 Å². The fourth-order valence-corrected chi connectivity index (χ4v) is 1.07. The van der Waals surface area contributed by atoms with E-state index in [0.717, 1.165) is 4.90 Å². The zero-order valence-corrected chi connectivity index (χ0v) is 7.11. The molecule has 0 atom stereocenters. The molecule has 12 heavy (non-hydrogen) atoms. The molecule has 0 fully saturated rings. The number of hydrazone groups is 1. The average Bonchev–Trinajstić information content (AvgIpc) is 2.14. The maximum absolute atomic E-state index is 4.81. The van der Waals surface area contributed by atoms with Crippen molar-refractivity contribution in [3.63, 3.8) is 0 Å². The molecule has 1 aromatic rings. The second kappa shape index (κ2) is 5.31. The number of hydrogen-bond donors (Lipinski definition) is 1. The molecule has 2 N–H and O–H groups in total. The Labute approximate surface area is 74.7 Å². The quantitative estimate of drug-likeness (QED) is 0.193. The lowest BCUT2D eigenvalue weighted by Gasteiger charge is -1.89. The van der Waals surface area contributed by atoms with E-state index in [4.69, 9.17) is 5.84 Å². The van der Waals surface area contributed by atoms with Crippen LogP contribution in [0.2, 0.25) is 0 Å². The fourth-order valence-electron chi connectivity index (χ4n) is 0.603. The highest BCUT2D eigenvalue weighted by Gasteiger charge is 1.86. The van der Waals surface area contributed by atoms with Gasteiger partial charge in [-0.15, -0.1) is 9.63 Å². The molecular weight excluding hydrogens is 172 g/mol. The van der Waals surface area contributed by atoms with Crippen molar-refractivity contribution in [3.05, 3.63) is 30.3 Å². The summed E-state index contributed by atoms with van der Waals surface area (Å²) in [6, 6.07) is 9.72. The maximum Gasteiger partial charge on any atom is 0.158 e. The first-order chi connectivity index (χ1) is 5.93. The second-order valence-electron chi connectivity index (χ2n) is 1.87. The lowest BCUT2D eigenvalue weighted by atomic mass is 10.4. The topological polar surface area (TPSA) is 63.1 Å². The molecule has 1 aromatic carbocycles. The standard InChI is InChI=1S/C7H8N4S/c8-9-6-10-11-12-7-4-2-1-3-5-7/h1-6H,8H2. The van der Waals surface area contributed by atoms with Crippen LogP contribution in [0, 0.1) is 0 Å². The van der Waals surface area contributed by atoms with Crippen LogP contribution in [-0.4, -0.2) is 6.34 Å². The van der Waals surface area contributed by atoms with E-state index >= 15 is 0 Å². The van der Waals surface area contributed by atoms with E-state index < -0.39 is 0 Å². The summed E-state index contributed by atoms with van der Waals surface area (Å²) in [6.45, 7) is 0. The van der Waals surface area contributed by atoms with Gasteiger partial charge in [-0.2, -0.15) is 5.10 Å². The summed E-state index contributed by atoms with van der Waals surface area (Å²) in [5, 5.41) is 6.72. The molecule has 0 aliphatic carbocycles. The molecule has 0 radical (unpaired) electrons. The lowest BCUT2D eigenvalue weighted by Crippen LogP contribution is -1.76. The Morgan fingerprint density at radius 2 is 2.00 bits per heavy atom. The molecule has 0 saturated carbocycles. The van der Waals surface area contributed by atoms with Crippen LogP contribution in [0.3, 0.4) is 0 Å². The molecule has 4 nitrogen and oxygen atoms in total. The Hall–Kier alpha value is -1.36. The molecule has 0 aliphatic rings. The smallest absolute Gasteiger partial charge is 0.158 e. The predicted molar refractivity (Wildman–Crippen MR) is 49.8 cm³/mol. The Bertz CT molecular complexity index is 270. The van der Waals surface area contributed by atoms with Crippen LogP contribution in [0.25, 0.3) is 0 Å². The Morgan fingerprint density at radius 3 is 2.67 bits per heavy atom. The minimum absolute atomic E-state index is 1.03. The molecule has 0 aromatic heterocycles. The van der Waals surface area contributed by atoms with Crippen molar-refractivity contribution >= 4 is 18.3 Å². The highest BCUT2D eigenvalue weighted by Crippen LogP contribution is 2.17. The van der Waals surface area contributed by atoms with Crippen LogP contribution < -0.4 is 5.84 Å². The third-order valence-electron chi connectivity index (χ3n) is 1.05. The SMILES string of the molecule is NN=CN=NSc1ccccc1. The minimum atomic E-state index is 1.03. The van der Waals surface area contributed by atoms with E-state index in [1.54, 1.807) is 0 Å². The van der Waals surface area contributed by atoms with Gasteiger partial charge in [0.15, 0.2) is 6.34 Å². The van der Waals surface area contributed by atoms with Gasteiger partial charge in [-0.3, -0.25) is 0 Å². The van der Waals surface area contributed by atoms with Crippen LogP contribution in [0.5, 0.6) is 0 Å². The molecule has 0 spiro atoms. The predicted octanol–water partition coefficient (Wildman–Crippen LogP) is 2.05. The van der Waals surface area contributed by atoms with E-state index in [1.807, 2.05) is 30.3 Å². The van der Waals surface area contributed by atoms with Crippen LogP contribution in [-0.2, 0) is 0 Å². The van der Waals surface area contributed by atoms with E-state index in [0.29, 0.717) is 0 Å². The van der Waals surface area contributed by atoms with Gasteiger partial charge in [-0.25, -0.2) is 0 Å². The summed E-state index contributed by atoms with van der Waals surface area (Å²) < 4.78 is 3.74. The summed E-state index contributed by atoms with van der Waals surface area (Å²) in [4.78, 5) is 1.03. The number of nitrogens with two attached hydrogens (primary N) is 1. The van der Waals surface area contributed by atoms with E-state index in [9.17, 15) is 0 Å². The molecular formula is C7H8N4S. The van der Waals surface area contributed by atoms with Crippen molar-refractivity contribution in [2.24, 2.45) is 20.6 Å². The molecule has 0 bridgehead atoms. The lowest BCUT2D eigenvalue weighted by molar-refractivity contribution is 1.24. The van der Waals surface area contributed by atoms with Crippen molar-refractivity contribution in [2.75, 3.05) is 0 Å². The van der Waals surface area contributed by atoms with Crippen LogP contribution >= 0.6 is 11.9 Å². The van der Waals surface area contributed by atoms with Gasteiger partial charge in [0.25, 0.3) is 0 Å². The van der Waals surface area contributed by atoms with Crippen LogP contribution in [0.1, 0.15) is 0 Å². The van der Waals surface area contributed by atoms with Gasteiger partial charge < -0.3 is 5.84 Å². The summed E-state index contributed by atoms with van der Waals surface area (Å²) in [5.41, 5.74) is 0. The first-order valence-corrected chi connectivity index (χ1v) is 4.05. The van der Waals surface area contributed by atoms with Gasteiger partial charge in [0, 0.05) is 16.8 Å². The number of rotatable bonds is 3. The van der Waals surface area contributed by atoms with Gasteiger partial charge >= 0.3 is 0 Å². The Kier molecular flexibility index (Phi) is 3.87. The summed E-state index contributed by atoms with van der Waals surface area (Å²) in [7, 11) is 0. The van der Waals surface area contributed by atoms with Crippen molar-refractivity contribution in [3.8, 4) is 0 Å². The van der Waals surface area contributed by atoms with Gasteiger partial charge in [0.2, 0.25) is 0 Å². The van der Waals surface area contributed by atoms with E-state index in [1.165, 1.54) is 18.3 Å². The third-order valence-corrected chi connectivity index (χ3v) is 1.71. The highest BCUT2D eigenvalue weighted by atomic mass is 32.2. The molecule has 0 aliphatic heterocycles. The molecule has 62 valence electrons. The molecule has 0 amide bonds. The number of nitrogens with zero attached hydrogens (tertiary/aromatic N) is 3. The second-order valence-corrected chi connectivity index (χ2v) is 2.68. The zero-order chi connectivity index (χ0) is 8.65. The van der Waals surface area contributed by atoms with Crippen molar-refractivity contribution in [2.45, 2.75) is 4.90 Å². The maximum atomic E-state index is 4.81. The molecule has 0 unspecified atom stereocenters. The van der Waals surface area contributed by atoms with Crippen molar-refractivity contribution in [1.29, 1.82) is 0 Å². The average molecular weight is 180 g/mol. The highest BCUT2D eigenvalue weighted by molar-refractivity contribution is 7.97. The Morgan fingerprint density at radius 1 is 1.25 bits per heavy atom. The molecule has 5 heteroatoms. The third kappa shape index (κ3) is 3.16. The fraction of sp³-hybridized carbons (Fsp3) is 0. The molecule has 0 heterocycles. The zero-order valence-electron chi connectivity index (χ0n) is 6.29. The molecule has 1 rings (SSSR count). The van der Waals surface area contributed by atoms with Crippen LogP contribution in [0.4, 0.5) is 0 Å². The summed E-state index contributed by atoms with van der Waals surface area (Å²) >= 11 is 1.27. The largest absolute Gasteiger partial charge is 0.322 e. The van der Waals surface area contributed by atoms with Crippen molar-refractivity contribution < 1.29 is 0 Å². The van der Waals surface area contributed by atoms with Crippen molar-refractivity contribution in [1.82, 2.24) is 0 Å². The first-order valence-electron chi connectivity index (χ1n) is 3.27. The van der Waals surface area contributed by atoms with Gasteiger partial charge in [0.1, 0.15) is 0 Å². The number of benzene rings is 1. The number of hydrogen-bond acceptors (Lipinski definition) is 4. The van der Waals surface area contributed by atoms with Gasteiger partial charge in [-0.05, 0) is 12.1 Å².